The third kappa shape index (κ3) is 2.91. The number of ether oxygens (including phenoxy) is 1. The first-order valence-corrected chi connectivity index (χ1v) is 7.47. The number of sulfone groups is 1. The molecular formula is C11H13ClO4S. The van der Waals surface area contributed by atoms with Gasteiger partial charge in [-0.1, -0.05) is 17.7 Å². The van der Waals surface area contributed by atoms with Gasteiger partial charge >= 0.3 is 0 Å². The molecule has 0 aliphatic carbocycles. The number of halogens is 1. The molecule has 0 radical (unpaired) electrons. The van der Waals surface area contributed by atoms with Crippen molar-refractivity contribution in [2.75, 3.05) is 11.5 Å². The Hall–Kier alpha value is -0.780. The Morgan fingerprint density at radius 1 is 1.47 bits per heavy atom. The van der Waals surface area contributed by atoms with Gasteiger partial charge in [-0.3, -0.25) is 0 Å². The summed E-state index contributed by atoms with van der Waals surface area (Å²) < 4.78 is 28.2. The lowest BCUT2D eigenvalue weighted by Crippen LogP contribution is -2.18. The monoisotopic (exact) mass is 276 g/mol. The van der Waals surface area contributed by atoms with Gasteiger partial charge in [0.1, 0.15) is 11.9 Å². The number of benzene rings is 1. The molecule has 1 atom stereocenters. The summed E-state index contributed by atoms with van der Waals surface area (Å²) in [5.41, 5.74) is 0.499. The van der Waals surface area contributed by atoms with Crippen LogP contribution in [0.3, 0.4) is 0 Å². The van der Waals surface area contributed by atoms with E-state index >= 15 is 0 Å². The van der Waals surface area contributed by atoms with E-state index in [1.807, 2.05) is 0 Å². The summed E-state index contributed by atoms with van der Waals surface area (Å²) in [6, 6.07) is 5.05. The molecule has 1 aromatic carbocycles. The predicted octanol–water partition coefficient (Wildman–Crippen LogP) is 1.40. The summed E-state index contributed by atoms with van der Waals surface area (Å²) in [5.74, 6) is 0.652. The van der Waals surface area contributed by atoms with Crippen molar-refractivity contribution >= 4 is 21.4 Å². The Kier molecular flexibility index (Phi) is 3.61. The molecule has 1 aliphatic heterocycles. The Labute approximate surface area is 105 Å². The van der Waals surface area contributed by atoms with Gasteiger partial charge in [-0.25, -0.2) is 8.42 Å². The van der Waals surface area contributed by atoms with E-state index < -0.39 is 9.84 Å². The Morgan fingerprint density at radius 3 is 2.82 bits per heavy atom. The van der Waals surface area contributed by atoms with Gasteiger partial charge in [0.2, 0.25) is 0 Å². The molecule has 0 bridgehead atoms. The molecule has 4 nitrogen and oxygen atoms in total. The fraction of sp³-hybridized carbons (Fsp3) is 0.455. The quantitative estimate of drug-likeness (QED) is 0.906. The summed E-state index contributed by atoms with van der Waals surface area (Å²) >= 11 is 5.91. The van der Waals surface area contributed by atoms with Crippen LogP contribution in [0.5, 0.6) is 5.75 Å². The summed E-state index contributed by atoms with van der Waals surface area (Å²) in [7, 11) is -2.97. The third-order valence-electron chi connectivity index (χ3n) is 2.72. The highest BCUT2D eigenvalue weighted by Gasteiger charge is 2.29. The van der Waals surface area contributed by atoms with Gasteiger partial charge in [0.15, 0.2) is 9.84 Å². The van der Waals surface area contributed by atoms with E-state index in [1.165, 1.54) is 0 Å². The summed E-state index contributed by atoms with van der Waals surface area (Å²) in [6.07, 6.45) is 0.142. The molecule has 1 saturated heterocycles. The zero-order valence-electron chi connectivity index (χ0n) is 9.10. The van der Waals surface area contributed by atoms with Gasteiger partial charge in [-0.15, -0.1) is 0 Å². The first-order valence-electron chi connectivity index (χ1n) is 5.27. The number of aliphatic hydroxyl groups excluding tert-OH is 1. The minimum absolute atomic E-state index is 0.0321. The minimum atomic E-state index is -2.97. The maximum Gasteiger partial charge on any atom is 0.154 e. The molecule has 0 spiro atoms. The van der Waals surface area contributed by atoms with Crippen molar-refractivity contribution in [3.8, 4) is 5.75 Å². The lowest BCUT2D eigenvalue weighted by Gasteiger charge is -2.15. The molecule has 1 unspecified atom stereocenters. The smallest absolute Gasteiger partial charge is 0.154 e. The van der Waals surface area contributed by atoms with Crippen molar-refractivity contribution in [2.45, 2.75) is 19.1 Å². The average Bonchev–Trinajstić information content (AvgIpc) is 2.58. The minimum Gasteiger partial charge on any atom is -0.489 e. The van der Waals surface area contributed by atoms with Crippen molar-refractivity contribution in [3.63, 3.8) is 0 Å². The Morgan fingerprint density at radius 2 is 2.24 bits per heavy atom. The highest BCUT2D eigenvalue weighted by molar-refractivity contribution is 7.91. The molecule has 1 aliphatic rings. The van der Waals surface area contributed by atoms with E-state index in [4.69, 9.17) is 16.3 Å². The van der Waals surface area contributed by atoms with Crippen LogP contribution in [0.2, 0.25) is 5.02 Å². The van der Waals surface area contributed by atoms with Crippen LogP contribution in [0.25, 0.3) is 0 Å². The van der Waals surface area contributed by atoms with E-state index in [2.05, 4.69) is 0 Å². The van der Waals surface area contributed by atoms with Gasteiger partial charge in [-0.05, 0) is 18.6 Å². The van der Waals surface area contributed by atoms with Gasteiger partial charge in [-0.2, -0.15) is 0 Å². The van der Waals surface area contributed by atoms with Crippen LogP contribution < -0.4 is 4.74 Å². The SMILES string of the molecule is O=S1(=O)CCC(Oc2cccc(Cl)c2CO)C1. The van der Waals surface area contributed by atoms with Crippen LogP contribution in [-0.4, -0.2) is 31.1 Å². The lowest BCUT2D eigenvalue weighted by atomic mass is 10.2. The maximum absolute atomic E-state index is 11.3. The highest BCUT2D eigenvalue weighted by atomic mass is 35.5. The zero-order valence-corrected chi connectivity index (χ0v) is 10.7. The van der Waals surface area contributed by atoms with Gasteiger partial charge in [0.05, 0.1) is 18.1 Å². The first-order chi connectivity index (χ1) is 8.02. The molecule has 94 valence electrons. The van der Waals surface area contributed by atoms with Crippen LogP contribution >= 0.6 is 11.6 Å². The van der Waals surface area contributed by atoms with Crippen molar-refractivity contribution in [3.05, 3.63) is 28.8 Å². The molecule has 17 heavy (non-hydrogen) atoms. The number of hydrogen-bond donors (Lipinski definition) is 1. The standard InChI is InChI=1S/C11H13ClO4S/c12-10-2-1-3-11(9(10)6-13)16-8-4-5-17(14,15)7-8/h1-3,8,13H,4-7H2. The van der Waals surface area contributed by atoms with E-state index in [-0.39, 0.29) is 24.2 Å². The van der Waals surface area contributed by atoms with Gasteiger partial charge in [0, 0.05) is 10.6 Å². The molecule has 0 saturated carbocycles. The number of rotatable bonds is 3. The summed E-state index contributed by atoms with van der Waals surface area (Å²) in [4.78, 5) is 0. The Balaban J connectivity index is 2.17. The van der Waals surface area contributed by atoms with Crippen LogP contribution in [0.1, 0.15) is 12.0 Å². The van der Waals surface area contributed by atoms with E-state index in [9.17, 15) is 13.5 Å². The Bertz CT molecular complexity index is 512. The molecule has 6 heteroatoms. The zero-order chi connectivity index (χ0) is 12.5. The topological polar surface area (TPSA) is 63.6 Å². The molecule has 1 aromatic rings. The number of hydrogen-bond acceptors (Lipinski definition) is 4. The average molecular weight is 277 g/mol. The first kappa shape index (κ1) is 12.7. The molecule has 1 heterocycles. The summed E-state index contributed by atoms with van der Waals surface area (Å²) in [5, 5.41) is 9.62. The molecule has 0 aromatic heterocycles. The van der Waals surface area contributed by atoms with Crippen LogP contribution in [0.15, 0.2) is 18.2 Å². The second-order valence-electron chi connectivity index (χ2n) is 4.02. The largest absolute Gasteiger partial charge is 0.489 e. The second kappa shape index (κ2) is 4.84. The maximum atomic E-state index is 11.3. The highest BCUT2D eigenvalue weighted by Crippen LogP contribution is 2.28. The predicted molar refractivity (Wildman–Crippen MR) is 65.1 cm³/mol. The van der Waals surface area contributed by atoms with Gasteiger partial charge in [0.25, 0.3) is 0 Å². The van der Waals surface area contributed by atoms with Crippen LogP contribution in [0, 0.1) is 0 Å². The second-order valence-corrected chi connectivity index (χ2v) is 6.65. The van der Waals surface area contributed by atoms with Crippen molar-refractivity contribution in [1.29, 1.82) is 0 Å². The normalized spacial score (nSPS) is 22.6. The lowest BCUT2D eigenvalue weighted by molar-refractivity contribution is 0.215. The van der Waals surface area contributed by atoms with E-state index in [1.54, 1.807) is 18.2 Å². The molecule has 1 N–H and O–H groups in total. The van der Waals surface area contributed by atoms with E-state index in [0.29, 0.717) is 22.8 Å². The van der Waals surface area contributed by atoms with E-state index in [0.717, 1.165) is 0 Å². The van der Waals surface area contributed by atoms with Crippen molar-refractivity contribution in [2.24, 2.45) is 0 Å². The molecular weight excluding hydrogens is 264 g/mol. The third-order valence-corrected chi connectivity index (χ3v) is 4.81. The fourth-order valence-corrected chi connectivity index (χ4v) is 3.65. The molecule has 0 amide bonds. The summed E-state index contributed by atoms with van der Waals surface area (Å²) in [6.45, 7) is -0.228. The van der Waals surface area contributed by atoms with Crippen molar-refractivity contribution in [1.82, 2.24) is 0 Å². The van der Waals surface area contributed by atoms with Gasteiger partial charge < -0.3 is 9.84 Å². The molecule has 1 fully saturated rings. The van der Waals surface area contributed by atoms with Crippen LogP contribution in [0.4, 0.5) is 0 Å². The number of aliphatic hydroxyl groups is 1. The van der Waals surface area contributed by atoms with Crippen LogP contribution in [-0.2, 0) is 16.4 Å². The molecule has 2 rings (SSSR count). The fourth-order valence-electron chi connectivity index (χ4n) is 1.84. The van der Waals surface area contributed by atoms with Crippen molar-refractivity contribution < 1.29 is 18.3 Å².